The van der Waals surface area contributed by atoms with Crippen LogP contribution in [0.15, 0.2) is 0 Å². The van der Waals surface area contributed by atoms with Gasteiger partial charge in [-0.05, 0) is 13.1 Å². The SMILES string of the molecule is C[N+]1=C(c2c(F)c(F)c(F)c(F)c2F)O[Si](C)(C)C1. The molecule has 0 aliphatic carbocycles. The fraction of sp³-hybridized carbons (Fsp3) is 0.364. The van der Waals surface area contributed by atoms with Gasteiger partial charge in [-0.1, -0.05) is 0 Å². The van der Waals surface area contributed by atoms with Gasteiger partial charge in [0, 0.05) is 0 Å². The fourth-order valence-corrected chi connectivity index (χ4v) is 4.18. The molecule has 0 unspecified atom stereocenters. The molecule has 2 rings (SSSR count). The van der Waals surface area contributed by atoms with Gasteiger partial charge in [0.2, 0.25) is 5.82 Å². The summed E-state index contributed by atoms with van der Waals surface area (Å²) in [4.78, 5) is 0. The summed E-state index contributed by atoms with van der Waals surface area (Å²) in [7, 11) is -0.745. The molecular formula is C11H11F5NOSi+. The maximum atomic E-state index is 13.6. The molecule has 1 aromatic carbocycles. The lowest BCUT2D eigenvalue weighted by molar-refractivity contribution is -0.478. The van der Waals surface area contributed by atoms with Crippen LogP contribution in [0, 0.1) is 29.1 Å². The molecule has 1 aliphatic rings. The van der Waals surface area contributed by atoms with E-state index < -0.39 is 43.0 Å². The molecule has 1 aliphatic heterocycles. The average molecular weight is 296 g/mol. The Balaban J connectivity index is 2.69. The van der Waals surface area contributed by atoms with Crippen LogP contribution in [0.25, 0.3) is 0 Å². The van der Waals surface area contributed by atoms with Crippen molar-refractivity contribution in [2.24, 2.45) is 0 Å². The number of rotatable bonds is 1. The zero-order valence-electron chi connectivity index (χ0n) is 10.5. The Bertz CT molecular complexity index is 570. The van der Waals surface area contributed by atoms with Gasteiger partial charge >= 0.3 is 14.2 Å². The molecule has 2 nitrogen and oxygen atoms in total. The molecule has 8 heteroatoms. The van der Waals surface area contributed by atoms with Gasteiger partial charge in [0.15, 0.2) is 35.0 Å². The standard InChI is InChI=1S/C11H11F5NOSi/c1-17-4-19(2,3)18-11(17)5-6(12)8(14)10(16)9(15)7(5)13/h4H2,1-3H3/q+1. The number of halogens is 5. The van der Waals surface area contributed by atoms with Crippen molar-refractivity contribution in [2.45, 2.75) is 13.1 Å². The summed E-state index contributed by atoms with van der Waals surface area (Å²) in [6, 6.07) is 0. The Labute approximate surface area is 107 Å². The first kappa shape index (κ1) is 14.0. The van der Waals surface area contributed by atoms with Gasteiger partial charge in [0.1, 0.15) is 7.05 Å². The van der Waals surface area contributed by atoms with Crippen molar-refractivity contribution in [2.75, 3.05) is 13.2 Å². The number of nitrogens with zero attached hydrogens (tertiary/aromatic N) is 1. The molecule has 0 saturated carbocycles. The normalized spacial score (nSPS) is 17.9. The first-order chi connectivity index (χ1) is 8.65. The van der Waals surface area contributed by atoms with Crippen LogP contribution in [0.5, 0.6) is 0 Å². The van der Waals surface area contributed by atoms with Crippen molar-refractivity contribution in [1.29, 1.82) is 0 Å². The zero-order chi connectivity index (χ0) is 14.5. The third-order valence-corrected chi connectivity index (χ3v) is 4.74. The van der Waals surface area contributed by atoms with Crippen LogP contribution in [-0.4, -0.2) is 32.0 Å². The quantitative estimate of drug-likeness (QED) is 0.255. The van der Waals surface area contributed by atoms with Gasteiger partial charge in [-0.3, -0.25) is 0 Å². The summed E-state index contributed by atoms with van der Waals surface area (Å²) < 4.78 is 73.3. The van der Waals surface area contributed by atoms with Crippen molar-refractivity contribution < 1.29 is 31.0 Å². The van der Waals surface area contributed by atoms with E-state index in [-0.39, 0.29) is 5.90 Å². The molecule has 0 amide bonds. The van der Waals surface area contributed by atoms with E-state index in [0.717, 1.165) is 0 Å². The van der Waals surface area contributed by atoms with Crippen molar-refractivity contribution in [1.82, 2.24) is 0 Å². The Hall–Kier alpha value is -1.44. The van der Waals surface area contributed by atoms with Gasteiger partial charge in [-0.2, -0.15) is 0 Å². The van der Waals surface area contributed by atoms with Gasteiger partial charge in [-0.25, -0.2) is 26.5 Å². The van der Waals surface area contributed by atoms with Crippen LogP contribution in [0.3, 0.4) is 0 Å². The summed E-state index contributed by atoms with van der Waals surface area (Å²) in [5, 5.41) is 0. The molecule has 104 valence electrons. The van der Waals surface area contributed by atoms with E-state index in [1.165, 1.54) is 11.6 Å². The minimum Gasteiger partial charge on any atom is -0.492 e. The smallest absolute Gasteiger partial charge is 0.362 e. The molecule has 0 bridgehead atoms. The van der Waals surface area contributed by atoms with Crippen LogP contribution in [0.1, 0.15) is 5.56 Å². The molecule has 0 spiro atoms. The second-order valence-electron chi connectivity index (χ2n) is 4.97. The first-order valence-corrected chi connectivity index (χ1v) is 8.56. The monoisotopic (exact) mass is 296 g/mol. The molecule has 0 N–H and O–H groups in total. The van der Waals surface area contributed by atoms with Crippen LogP contribution in [-0.2, 0) is 4.43 Å². The minimum absolute atomic E-state index is 0.301. The lowest BCUT2D eigenvalue weighted by atomic mass is 10.1. The lowest BCUT2D eigenvalue weighted by Gasteiger charge is -2.11. The third-order valence-electron chi connectivity index (χ3n) is 2.76. The molecule has 0 fully saturated rings. The van der Waals surface area contributed by atoms with Crippen molar-refractivity contribution >= 4 is 14.2 Å². The van der Waals surface area contributed by atoms with Crippen LogP contribution < -0.4 is 0 Å². The van der Waals surface area contributed by atoms with E-state index in [0.29, 0.717) is 6.17 Å². The predicted molar refractivity (Wildman–Crippen MR) is 60.0 cm³/mol. The van der Waals surface area contributed by atoms with Crippen molar-refractivity contribution in [3.8, 4) is 0 Å². The Morgan fingerprint density at radius 2 is 1.32 bits per heavy atom. The Morgan fingerprint density at radius 3 is 1.68 bits per heavy atom. The van der Waals surface area contributed by atoms with Crippen LogP contribution in [0.2, 0.25) is 13.1 Å². The zero-order valence-corrected chi connectivity index (χ0v) is 11.5. The molecule has 19 heavy (non-hydrogen) atoms. The van der Waals surface area contributed by atoms with Gasteiger partial charge < -0.3 is 4.43 Å². The Morgan fingerprint density at radius 1 is 0.895 bits per heavy atom. The molecule has 0 atom stereocenters. The van der Waals surface area contributed by atoms with E-state index >= 15 is 0 Å². The van der Waals surface area contributed by atoms with Crippen LogP contribution >= 0.6 is 0 Å². The summed E-state index contributed by atoms with van der Waals surface area (Å²) in [5.74, 6) is -10.1. The summed E-state index contributed by atoms with van der Waals surface area (Å²) >= 11 is 0. The lowest BCUT2D eigenvalue weighted by Crippen LogP contribution is -2.33. The molecule has 0 saturated heterocycles. The highest BCUT2D eigenvalue weighted by molar-refractivity contribution is 6.73. The third kappa shape index (κ3) is 2.13. The van der Waals surface area contributed by atoms with Gasteiger partial charge in [0.25, 0.3) is 0 Å². The second kappa shape index (κ2) is 4.29. The second-order valence-corrected chi connectivity index (χ2v) is 9.01. The maximum absolute atomic E-state index is 13.6. The Kier molecular flexibility index (Phi) is 3.16. The molecule has 1 aromatic rings. The largest absolute Gasteiger partial charge is 0.492 e. The molecule has 0 radical (unpaired) electrons. The highest BCUT2D eigenvalue weighted by Crippen LogP contribution is 2.26. The fourth-order valence-electron chi connectivity index (χ4n) is 2.05. The molecule has 1 heterocycles. The van der Waals surface area contributed by atoms with Crippen molar-refractivity contribution in [3.63, 3.8) is 0 Å². The average Bonchev–Trinajstić information content (AvgIpc) is 2.58. The van der Waals surface area contributed by atoms with Gasteiger partial charge in [-0.15, -0.1) is 0 Å². The summed E-state index contributed by atoms with van der Waals surface area (Å²) in [6.45, 7) is 3.56. The first-order valence-electron chi connectivity index (χ1n) is 5.44. The van der Waals surface area contributed by atoms with Crippen LogP contribution in [0.4, 0.5) is 22.0 Å². The number of benzene rings is 1. The molecule has 0 aromatic heterocycles. The van der Waals surface area contributed by atoms with E-state index in [1.54, 1.807) is 13.1 Å². The van der Waals surface area contributed by atoms with E-state index in [4.69, 9.17) is 4.43 Å². The number of hydrogen-bond donors (Lipinski definition) is 0. The minimum atomic E-state index is -2.23. The van der Waals surface area contributed by atoms with Gasteiger partial charge in [0.05, 0.1) is 0 Å². The predicted octanol–water partition coefficient (Wildman–Crippen LogP) is 2.55. The van der Waals surface area contributed by atoms with E-state index in [1.807, 2.05) is 0 Å². The highest BCUT2D eigenvalue weighted by atomic mass is 28.4. The molecular weight excluding hydrogens is 285 g/mol. The van der Waals surface area contributed by atoms with Crippen molar-refractivity contribution in [3.05, 3.63) is 34.6 Å². The maximum Gasteiger partial charge on any atom is 0.362 e. The van der Waals surface area contributed by atoms with E-state index in [2.05, 4.69) is 0 Å². The number of hydrogen-bond acceptors (Lipinski definition) is 1. The summed E-state index contributed by atoms with van der Waals surface area (Å²) in [5.41, 5.74) is -1.00. The van der Waals surface area contributed by atoms with E-state index in [9.17, 15) is 22.0 Å². The summed E-state index contributed by atoms with van der Waals surface area (Å²) in [6.07, 6.45) is 0.405. The highest BCUT2D eigenvalue weighted by Gasteiger charge is 2.45. The topological polar surface area (TPSA) is 12.2 Å².